The molecule has 0 heterocycles. The fourth-order valence-electron chi connectivity index (χ4n) is 1.64. The molecule has 0 aromatic heterocycles. The van der Waals surface area contributed by atoms with Crippen LogP contribution in [0, 0.1) is 0 Å². The van der Waals surface area contributed by atoms with E-state index in [1.54, 1.807) is 0 Å². The maximum absolute atomic E-state index is 11.6. The maximum Gasteiger partial charge on any atom is 0.149 e. The summed E-state index contributed by atoms with van der Waals surface area (Å²) in [5.74, 6) is 0.387. The van der Waals surface area contributed by atoms with Gasteiger partial charge in [0.15, 0.2) is 0 Å². The van der Waals surface area contributed by atoms with E-state index in [2.05, 4.69) is 25.8 Å². The number of ketones is 1. The third-order valence-electron chi connectivity index (χ3n) is 2.39. The molecule has 0 bridgehead atoms. The molecule has 0 fully saturated rings. The van der Waals surface area contributed by atoms with Gasteiger partial charge in [0, 0.05) is 6.42 Å². The lowest BCUT2D eigenvalue weighted by Gasteiger charge is -2.25. The van der Waals surface area contributed by atoms with Crippen LogP contribution in [0.3, 0.4) is 0 Å². The number of Topliss-reactive ketones (excluding diaryl/α,β-unsaturated/α-hetero) is 1. The molecule has 13 heavy (non-hydrogen) atoms. The van der Waals surface area contributed by atoms with Gasteiger partial charge in [-0.05, 0) is 26.4 Å². The second-order valence-electron chi connectivity index (χ2n) is 3.60. The Labute approximate surface area is 82.3 Å². The van der Waals surface area contributed by atoms with Gasteiger partial charge < -0.3 is 0 Å². The van der Waals surface area contributed by atoms with Crippen molar-refractivity contribution in [2.24, 2.45) is 0 Å². The van der Waals surface area contributed by atoms with Gasteiger partial charge in [0.25, 0.3) is 0 Å². The third kappa shape index (κ3) is 4.41. The smallest absolute Gasteiger partial charge is 0.149 e. The second-order valence-corrected chi connectivity index (χ2v) is 3.60. The topological polar surface area (TPSA) is 20.3 Å². The highest BCUT2D eigenvalue weighted by molar-refractivity contribution is 5.83. The van der Waals surface area contributed by atoms with E-state index < -0.39 is 0 Å². The van der Waals surface area contributed by atoms with Crippen LogP contribution in [0.5, 0.6) is 0 Å². The zero-order valence-corrected chi connectivity index (χ0v) is 9.47. The fraction of sp³-hybridized carbons (Fsp3) is 0.909. The average molecular weight is 185 g/mol. The van der Waals surface area contributed by atoms with Crippen molar-refractivity contribution in [3.05, 3.63) is 0 Å². The number of hydrogen-bond donors (Lipinski definition) is 0. The molecule has 2 heteroatoms. The quantitative estimate of drug-likeness (QED) is 0.607. The Morgan fingerprint density at radius 2 is 1.85 bits per heavy atom. The minimum Gasteiger partial charge on any atom is -0.298 e. The zero-order chi connectivity index (χ0) is 10.3. The average Bonchev–Trinajstić information content (AvgIpc) is 2.13. The maximum atomic E-state index is 11.6. The van der Waals surface area contributed by atoms with E-state index in [9.17, 15) is 4.79 Å². The number of likely N-dealkylation sites (N-methyl/N-ethyl adjacent to an activating group) is 1. The third-order valence-corrected chi connectivity index (χ3v) is 2.39. The van der Waals surface area contributed by atoms with Crippen LogP contribution in [0.1, 0.15) is 46.5 Å². The second kappa shape index (κ2) is 7.07. The summed E-state index contributed by atoms with van der Waals surface area (Å²) in [6.45, 7) is 7.26. The summed E-state index contributed by atoms with van der Waals surface area (Å²) in [5, 5.41) is 0. The lowest BCUT2D eigenvalue weighted by Crippen LogP contribution is -2.38. The molecule has 0 N–H and O–H groups in total. The number of carbonyl (C=O) groups is 1. The molecule has 0 aromatic rings. The Kier molecular flexibility index (Phi) is 6.87. The minimum atomic E-state index is 0.162. The van der Waals surface area contributed by atoms with Gasteiger partial charge >= 0.3 is 0 Å². The number of nitrogens with zero attached hydrogens (tertiary/aromatic N) is 1. The molecule has 0 rings (SSSR count). The Morgan fingerprint density at radius 3 is 2.23 bits per heavy atom. The van der Waals surface area contributed by atoms with Crippen LogP contribution in [-0.4, -0.2) is 30.3 Å². The predicted octanol–water partition coefficient (Wildman–Crippen LogP) is 2.48. The van der Waals surface area contributed by atoms with Crippen LogP contribution in [0.4, 0.5) is 0 Å². The fourth-order valence-corrected chi connectivity index (χ4v) is 1.64. The van der Waals surface area contributed by atoms with Gasteiger partial charge in [0.1, 0.15) is 5.78 Å². The molecule has 2 nitrogen and oxygen atoms in total. The molecule has 1 unspecified atom stereocenters. The first kappa shape index (κ1) is 12.6. The van der Waals surface area contributed by atoms with E-state index in [0.29, 0.717) is 12.2 Å². The van der Waals surface area contributed by atoms with Crippen molar-refractivity contribution < 1.29 is 4.79 Å². The van der Waals surface area contributed by atoms with Crippen molar-refractivity contribution in [1.29, 1.82) is 0 Å². The van der Waals surface area contributed by atoms with Crippen molar-refractivity contribution in [2.75, 3.05) is 13.6 Å². The highest BCUT2D eigenvalue weighted by Gasteiger charge is 2.19. The van der Waals surface area contributed by atoms with Crippen LogP contribution in [-0.2, 0) is 4.79 Å². The zero-order valence-electron chi connectivity index (χ0n) is 9.47. The molecule has 78 valence electrons. The summed E-state index contributed by atoms with van der Waals surface area (Å²) in [5.41, 5.74) is 0. The van der Waals surface area contributed by atoms with E-state index in [-0.39, 0.29) is 6.04 Å². The van der Waals surface area contributed by atoms with Gasteiger partial charge in [-0.15, -0.1) is 0 Å². The molecule has 0 aromatic carbocycles. The van der Waals surface area contributed by atoms with Crippen molar-refractivity contribution in [2.45, 2.75) is 52.5 Å². The summed E-state index contributed by atoms with van der Waals surface area (Å²) in [4.78, 5) is 13.8. The number of carbonyl (C=O) groups excluding carboxylic acids is 1. The molecule has 0 aliphatic rings. The van der Waals surface area contributed by atoms with E-state index in [4.69, 9.17) is 0 Å². The van der Waals surface area contributed by atoms with E-state index in [1.165, 1.54) is 0 Å². The van der Waals surface area contributed by atoms with E-state index >= 15 is 0 Å². The van der Waals surface area contributed by atoms with Gasteiger partial charge in [-0.2, -0.15) is 0 Å². The molecule has 0 aliphatic carbocycles. The Balaban J connectivity index is 4.13. The molecule has 0 spiro atoms. The summed E-state index contributed by atoms with van der Waals surface area (Å²) >= 11 is 0. The van der Waals surface area contributed by atoms with Crippen LogP contribution in [0.15, 0.2) is 0 Å². The van der Waals surface area contributed by atoms with Crippen molar-refractivity contribution in [3.63, 3.8) is 0 Å². The highest BCUT2D eigenvalue weighted by Crippen LogP contribution is 2.08. The van der Waals surface area contributed by atoms with Crippen LogP contribution < -0.4 is 0 Å². The van der Waals surface area contributed by atoms with Gasteiger partial charge in [-0.3, -0.25) is 9.69 Å². The van der Waals surface area contributed by atoms with E-state index in [0.717, 1.165) is 25.8 Å². The molecule has 0 radical (unpaired) electrons. The largest absolute Gasteiger partial charge is 0.298 e. The number of rotatable bonds is 7. The Bertz CT molecular complexity index is 145. The van der Waals surface area contributed by atoms with Crippen LogP contribution in [0.2, 0.25) is 0 Å². The lowest BCUT2D eigenvalue weighted by atomic mass is 10.0. The summed E-state index contributed by atoms with van der Waals surface area (Å²) in [6.07, 6.45) is 3.88. The molecule has 1 atom stereocenters. The molecular formula is C11H23NO. The van der Waals surface area contributed by atoms with E-state index in [1.807, 2.05) is 6.92 Å². The predicted molar refractivity (Wildman–Crippen MR) is 56.9 cm³/mol. The van der Waals surface area contributed by atoms with Crippen molar-refractivity contribution in [3.8, 4) is 0 Å². The molecular weight excluding hydrogens is 162 g/mol. The van der Waals surface area contributed by atoms with Crippen molar-refractivity contribution in [1.82, 2.24) is 4.90 Å². The highest BCUT2D eigenvalue weighted by atomic mass is 16.1. The lowest BCUT2D eigenvalue weighted by molar-refractivity contribution is -0.123. The van der Waals surface area contributed by atoms with Crippen LogP contribution >= 0.6 is 0 Å². The Morgan fingerprint density at radius 1 is 1.23 bits per heavy atom. The van der Waals surface area contributed by atoms with Gasteiger partial charge in [0.2, 0.25) is 0 Å². The minimum absolute atomic E-state index is 0.162. The first-order chi connectivity index (χ1) is 6.17. The SMILES string of the molecule is CCCC(C(=O)CC)N(C)CCC. The molecule has 0 amide bonds. The molecule has 0 aliphatic heterocycles. The van der Waals surface area contributed by atoms with Crippen LogP contribution in [0.25, 0.3) is 0 Å². The first-order valence-corrected chi connectivity index (χ1v) is 5.40. The summed E-state index contributed by atoms with van der Waals surface area (Å²) < 4.78 is 0. The van der Waals surface area contributed by atoms with Gasteiger partial charge in [-0.25, -0.2) is 0 Å². The van der Waals surface area contributed by atoms with Gasteiger partial charge in [-0.1, -0.05) is 27.2 Å². The van der Waals surface area contributed by atoms with Gasteiger partial charge in [0.05, 0.1) is 6.04 Å². The number of hydrogen-bond acceptors (Lipinski definition) is 2. The first-order valence-electron chi connectivity index (χ1n) is 5.40. The normalized spacial score (nSPS) is 13.3. The van der Waals surface area contributed by atoms with Crippen molar-refractivity contribution >= 4 is 5.78 Å². The molecule has 0 saturated carbocycles. The summed E-state index contributed by atoms with van der Waals surface area (Å²) in [7, 11) is 2.05. The monoisotopic (exact) mass is 185 g/mol. The standard InChI is InChI=1S/C11H23NO/c1-5-8-10(11(13)7-3)12(4)9-6-2/h10H,5-9H2,1-4H3. The Hall–Kier alpha value is -0.370. The summed E-state index contributed by atoms with van der Waals surface area (Å²) in [6, 6.07) is 0.162. The molecule has 0 saturated heterocycles.